The molecule has 212 valence electrons. The van der Waals surface area contributed by atoms with Crippen molar-refractivity contribution in [2.75, 3.05) is 13.2 Å². The number of thiazole rings is 1. The lowest BCUT2D eigenvalue weighted by atomic mass is 9.87. The molecular weight excluding hydrogens is 508 g/mol. The van der Waals surface area contributed by atoms with Crippen molar-refractivity contribution in [3.05, 3.63) is 63.1 Å². The van der Waals surface area contributed by atoms with E-state index in [2.05, 4.69) is 24.4 Å². The summed E-state index contributed by atoms with van der Waals surface area (Å²) in [4.78, 5) is 29.9. The molecule has 7 heteroatoms. The van der Waals surface area contributed by atoms with Gasteiger partial charge in [-0.1, -0.05) is 44.7 Å². The largest absolute Gasteiger partial charge is 0.494 e. The zero-order valence-electron chi connectivity index (χ0n) is 24.0. The smallest absolute Gasteiger partial charge is 0.333 e. The predicted molar refractivity (Wildman–Crippen MR) is 159 cm³/mol. The highest BCUT2D eigenvalue weighted by Crippen LogP contribution is 2.28. The summed E-state index contributed by atoms with van der Waals surface area (Å²) in [6.45, 7) is 8.71. The van der Waals surface area contributed by atoms with E-state index >= 15 is 0 Å². The summed E-state index contributed by atoms with van der Waals surface area (Å²) in [5, 5.41) is 6.17. The second-order valence-corrected chi connectivity index (χ2v) is 11.3. The van der Waals surface area contributed by atoms with Gasteiger partial charge in [-0.25, -0.2) is 9.78 Å². The molecule has 1 aromatic heterocycles. The van der Waals surface area contributed by atoms with Crippen LogP contribution in [0.2, 0.25) is 0 Å². The molecular formula is C32H44N2O4S. The summed E-state index contributed by atoms with van der Waals surface area (Å²) in [6.07, 6.45) is 13.1. The Labute approximate surface area is 237 Å². The highest BCUT2D eigenvalue weighted by Gasteiger charge is 2.22. The SMILES string of the molecule is CCCCOc1ccc(C[C@H](NC(=O)CC2CCCCC2)c2nc(/C=C(C)/C=C(/C)C(=O)OCC)cs2)cc1. The summed E-state index contributed by atoms with van der Waals surface area (Å²) < 4.78 is 10.9. The van der Waals surface area contributed by atoms with Gasteiger partial charge < -0.3 is 14.8 Å². The van der Waals surface area contributed by atoms with Crippen LogP contribution in [-0.2, 0) is 20.7 Å². The van der Waals surface area contributed by atoms with E-state index in [0.717, 1.165) is 59.9 Å². The fourth-order valence-corrected chi connectivity index (χ4v) is 5.67. The van der Waals surface area contributed by atoms with Crippen molar-refractivity contribution in [2.45, 2.75) is 91.5 Å². The van der Waals surface area contributed by atoms with Crippen LogP contribution in [0.25, 0.3) is 6.08 Å². The molecule has 0 aliphatic heterocycles. The number of carbonyl (C=O) groups excluding carboxylic acids is 2. The molecule has 1 aliphatic rings. The van der Waals surface area contributed by atoms with Crippen LogP contribution < -0.4 is 10.1 Å². The number of hydrogen-bond donors (Lipinski definition) is 1. The zero-order valence-corrected chi connectivity index (χ0v) is 24.8. The van der Waals surface area contributed by atoms with Gasteiger partial charge in [0, 0.05) is 17.4 Å². The Bertz CT molecular complexity index is 1110. The number of hydrogen-bond acceptors (Lipinski definition) is 6. The molecule has 0 saturated heterocycles. The van der Waals surface area contributed by atoms with Gasteiger partial charge in [0.15, 0.2) is 0 Å². The Balaban J connectivity index is 1.74. The van der Waals surface area contributed by atoms with E-state index in [-0.39, 0.29) is 17.9 Å². The molecule has 2 aromatic rings. The van der Waals surface area contributed by atoms with Crippen LogP contribution in [0.4, 0.5) is 0 Å². The molecule has 1 aromatic carbocycles. The van der Waals surface area contributed by atoms with E-state index in [1.807, 2.05) is 36.6 Å². The van der Waals surface area contributed by atoms with E-state index < -0.39 is 0 Å². The third kappa shape index (κ3) is 10.6. The second kappa shape index (κ2) is 16.2. The molecule has 0 bridgehead atoms. The van der Waals surface area contributed by atoms with Gasteiger partial charge in [0.25, 0.3) is 0 Å². The molecule has 1 saturated carbocycles. The average Bonchev–Trinajstić information content (AvgIpc) is 3.38. The van der Waals surface area contributed by atoms with Crippen LogP contribution in [0.3, 0.4) is 0 Å². The van der Waals surface area contributed by atoms with Crippen LogP contribution in [0.5, 0.6) is 5.75 Å². The number of allylic oxidation sites excluding steroid dienone is 2. The molecule has 1 amide bonds. The topological polar surface area (TPSA) is 77.5 Å². The van der Waals surface area contributed by atoms with Crippen molar-refractivity contribution in [1.29, 1.82) is 0 Å². The molecule has 1 fully saturated rings. The lowest BCUT2D eigenvalue weighted by Gasteiger charge is -2.23. The Kier molecular flexibility index (Phi) is 12.7. The van der Waals surface area contributed by atoms with Crippen LogP contribution in [0.15, 0.2) is 46.9 Å². The van der Waals surface area contributed by atoms with Crippen molar-refractivity contribution < 1.29 is 19.1 Å². The minimum atomic E-state index is -0.313. The minimum Gasteiger partial charge on any atom is -0.494 e. The van der Waals surface area contributed by atoms with Crippen LogP contribution in [0.1, 0.15) is 101 Å². The second-order valence-electron chi connectivity index (χ2n) is 10.4. The van der Waals surface area contributed by atoms with Crippen LogP contribution in [-0.4, -0.2) is 30.1 Å². The van der Waals surface area contributed by atoms with Gasteiger partial charge in [-0.3, -0.25) is 4.79 Å². The molecule has 1 heterocycles. The number of unbranched alkanes of at least 4 members (excludes halogenated alkanes) is 1. The number of nitrogens with zero attached hydrogens (tertiary/aromatic N) is 1. The number of aromatic nitrogens is 1. The van der Waals surface area contributed by atoms with Gasteiger partial charge in [-0.15, -0.1) is 11.3 Å². The quantitative estimate of drug-likeness (QED) is 0.113. The lowest BCUT2D eigenvalue weighted by Crippen LogP contribution is -2.31. The van der Waals surface area contributed by atoms with Gasteiger partial charge >= 0.3 is 5.97 Å². The summed E-state index contributed by atoms with van der Waals surface area (Å²) in [7, 11) is 0. The molecule has 1 atom stereocenters. The summed E-state index contributed by atoms with van der Waals surface area (Å²) in [6, 6.07) is 7.94. The predicted octanol–water partition coefficient (Wildman–Crippen LogP) is 7.61. The van der Waals surface area contributed by atoms with E-state index in [9.17, 15) is 9.59 Å². The van der Waals surface area contributed by atoms with E-state index in [4.69, 9.17) is 14.5 Å². The number of nitrogens with one attached hydrogen (secondary N) is 1. The summed E-state index contributed by atoms with van der Waals surface area (Å²) in [5.74, 6) is 1.13. The molecule has 39 heavy (non-hydrogen) atoms. The molecule has 3 rings (SSSR count). The van der Waals surface area contributed by atoms with Crippen molar-refractivity contribution in [1.82, 2.24) is 10.3 Å². The van der Waals surface area contributed by atoms with Gasteiger partial charge in [0.1, 0.15) is 10.8 Å². The molecule has 0 spiro atoms. The number of carbonyl (C=O) groups is 2. The monoisotopic (exact) mass is 552 g/mol. The normalized spacial score (nSPS) is 15.6. The highest BCUT2D eigenvalue weighted by molar-refractivity contribution is 7.09. The Morgan fingerprint density at radius 2 is 1.87 bits per heavy atom. The minimum absolute atomic E-state index is 0.0999. The Hall–Kier alpha value is -2.93. The first kappa shape index (κ1) is 30.6. The van der Waals surface area contributed by atoms with Gasteiger partial charge in [-0.05, 0) is 87.8 Å². The lowest BCUT2D eigenvalue weighted by molar-refractivity contribution is -0.138. The number of ether oxygens (including phenoxy) is 2. The fraction of sp³-hybridized carbons (Fsp3) is 0.531. The van der Waals surface area contributed by atoms with Crippen molar-refractivity contribution in [2.24, 2.45) is 5.92 Å². The van der Waals surface area contributed by atoms with Crippen molar-refractivity contribution in [3.63, 3.8) is 0 Å². The fourth-order valence-electron chi connectivity index (χ4n) is 4.85. The molecule has 1 aliphatic carbocycles. The van der Waals surface area contributed by atoms with Crippen molar-refractivity contribution >= 4 is 29.3 Å². The molecule has 1 N–H and O–H groups in total. The van der Waals surface area contributed by atoms with Gasteiger partial charge in [0.2, 0.25) is 5.91 Å². The third-order valence-electron chi connectivity index (χ3n) is 6.92. The molecule has 0 radical (unpaired) electrons. The third-order valence-corrected chi connectivity index (χ3v) is 7.90. The maximum atomic E-state index is 13.1. The highest BCUT2D eigenvalue weighted by atomic mass is 32.1. The zero-order chi connectivity index (χ0) is 28.0. The summed E-state index contributed by atoms with van der Waals surface area (Å²) >= 11 is 1.55. The van der Waals surface area contributed by atoms with E-state index in [0.29, 0.717) is 30.9 Å². The maximum Gasteiger partial charge on any atom is 0.333 e. The number of benzene rings is 1. The van der Waals surface area contributed by atoms with Crippen LogP contribution in [0, 0.1) is 5.92 Å². The first-order valence-corrected chi connectivity index (χ1v) is 15.3. The van der Waals surface area contributed by atoms with Crippen LogP contribution >= 0.6 is 11.3 Å². The maximum absolute atomic E-state index is 13.1. The first-order chi connectivity index (χ1) is 18.9. The molecule has 6 nitrogen and oxygen atoms in total. The van der Waals surface area contributed by atoms with Gasteiger partial charge in [-0.2, -0.15) is 0 Å². The first-order valence-electron chi connectivity index (χ1n) is 14.4. The number of amides is 1. The van der Waals surface area contributed by atoms with E-state index in [1.54, 1.807) is 25.2 Å². The van der Waals surface area contributed by atoms with E-state index in [1.165, 1.54) is 19.3 Å². The summed E-state index contributed by atoms with van der Waals surface area (Å²) in [5.41, 5.74) is 3.40. The Morgan fingerprint density at radius 1 is 1.13 bits per heavy atom. The van der Waals surface area contributed by atoms with Crippen molar-refractivity contribution in [3.8, 4) is 5.75 Å². The standard InChI is InChI=1S/C32H44N2O4S/c1-5-7-17-38-28-15-13-26(14-16-28)20-29(34-30(35)21-25-11-9-8-10-12-25)31-33-27(22-39-31)19-23(3)18-24(4)32(36)37-6-2/h13-16,18-19,22,25,29H,5-12,17,20-21H2,1-4H3,(H,34,35)/b23-19+,24-18-/t29-/m0/s1. The Morgan fingerprint density at radius 3 is 2.56 bits per heavy atom. The number of esters is 1. The molecule has 0 unspecified atom stereocenters. The average molecular weight is 553 g/mol. The van der Waals surface area contributed by atoms with Gasteiger partial charge in [0.05, 0.1) is 24.9 Å². The number of rotatable bonds is 14.